The van der Waals surface area contributed by atoms with Gasteiger partial charge in [-0.15, -0.1) is 0 Å². The van der Waals surface area contributed by atoms with Crippen molar-refractivity contribution in [2.75, 3.05) is 0 Å². The van der Waals surface area contributed by atoms with Crippen LogP contribution in [-0.2, 0) is 7.05 Å². The molecule has 1 aromatic heterocycles. The maximum Gasteiger partial charge on any atom is 0.158 e. The van der Waals surface area contributed by atoms with Crippen molar-refractivity contribution in [1.82, 2.24) is 14.8 Å². The van der Waals surface area contributed by atoms with Gasteiger partial charge in [-0.25, -0.2) is 9.67 Å². The van der Waals surface area contributed by atoms with E-state index in [1.807, 2.05) is 37.4 Å². The average Bonchev–Trinajstić information content (AvgIpc) is 2.86. The fraction of sp³-hybridized carbons (Fsp3) is 0.0667. The van der Waals surface area contributed by atoms with Crippen LogP contribution < -0.4 is 0 Å². The molecule has 0 fully saturated rings. The fourth-order valence-electron chi connectivity index (χ4n) is 2.09. The van der Waals surface area contributed by atoms with Crippen LogP contribution in [0.3, 0.4) is 0 Å². The van der Waals surface area contributed by atoms with Crippen molar-refractivity contribution >= 4 is 0 Å². The predicted molar refractivity (Wildman–Crippen MR) is 71.9 cm³/mol. The lowest BCUT2D eigenvalue weighted by atomic mass is 9.99. The van der Waals surface area contributed by atoms with Gasteiger partial charge in [-0.3, -0.25) is 0 Å². The summed E-state index contributed by atoms with van der Waals surface area (Å²) >= 11 is 0. The highest BCUT2D eigenvalue weighted by Gasteiger charge is 2.10. The van der Waals surface area contributed by atoms with Crippen molar-refractivity contribution in [3.8, 4) is 22.5 Å². The second kappa shape index (κ2) is 4.45. The molecule has 0 amide bonds. The molecule has 3 aromatic rings. The fourth-order valence-corrected chi connectivity index (χ4v) is 2.09. The molecule has 0 aliphatic rings. The first-order valence-electron chi connectivity index (χ1n) is 5.85. The van der Waals surface area contributed by atoms with Crippen molar-refractivity contribution in [1.29, 1.82) is 0 Å². The summed E-state index contributed by atoms with van der Waals surface area (Å²) in [5.74, 6) is 0.884. The third-order valence-electron chi connectivity index (χ3n) is 2.96. The van der Waals surface area contributed by atoms with Gasteiger partial charge in [-0.05, 0) is 11.1 Å². The Kier molecular flexibility index (Phi) is 2.65. The summed E-state index contributed by atoms with van der Waals surface area (Å²) in [5, 5.41) is 4.13. The lowest BCUT2D eigenvalue weighted by Gasteiger charge is -2.08. The quantitative estimate of drug-likeness (QED) is 0.683. The van der Waals surface area contributed by atoms with E-state index in [1.165, 1.54) is 11.1 Å². The molecule has 0 aliphatic heterocycles. The second-order valence-electron chi connectivity index (χ2n) is 4.12. The zero-order valence-corrected chi connectivity index (χ0v) is 10.1. The SMILES string of the molecule is Cn1ncnc1-c1ccccc1-c1ccccc1. The van der Waals surface area contributed by atoms with E-state index in [0.717, 1.165) is 11.4 Å². The van der Waals surface area contributed by atoms with Crippen LogP contribution in [0.4, 0.5) is 0 Å². The van der Waals surface area contributed by atoms with Crippen LogP contribution in [0.25, 0.3) is 22.5 Å². The minimum atomic E-state index is 0.884. The summed E-state index contributed by atoms with van der Waals surface area (Å²) in [5.41, 5.74) is 3.47. The van der Waals surface area contributed by atoms with Gasteiger partial charge in [0.15, 0.2) is 5.82 Å². The highest BCUT2D eigenvalue weighted by molar-refractivity contribution is 5.80. The first-order valence-corrected chi connectivity index (χ1v) is 5.85. The molecule has 0 spiro atoms. The summed E-state index contributed by atoms with van der Waals surface area (Å²) in [4.78, 5) is 4.32. The molecule has 3 nitrogen and oxygen atoms in total. The van der Waals surface area contributed by atoms with Crippen molar-refractivity contribution in [3.63, 3.8) is 0 Å². The lowest BCUT2D eigenvalue weighted by molar-refractivity contribution is 0.775. The molecule has 0 aliphatic carbocycles. The van der Waals surface area contributed by atoms with Gasteiger partial charge in [0.2, 0.25) is 0 Å². The maximum atomic E-state index is 4.32. The van der Waals surface area contributed by atoms with E-state index in [1.54, 1.807) is 11.0 Å². The highest BCUT2D eigenvalue weighted by Crippen LogP contribution is 2.29. The van der Waals surface area contributed by atoms with E-state index >= 15 is 0 Å². The topological polar surface area (TPSA) is 30.7 Å². The smallest absolute Gasteiger partial charge is 0.158 e. The van der Waals surface area contributed by atoms with E-state index in [9.17, 15) is 0 Å². The Morgan fingerprint density at radius 2 is 1.50 bits per heavy atom. The van der Waals surface area contributed by atoms with Crippen LogP contribution in [0.1, 0.15) is 0 Å². The number of hydrogen-bond acceptors (Lipinski definition) is 2. The summed E-state index contributed by atoms with van der Waals surface area (Å²) in [6.45, 7) is 0. The number of nitrogens with zero attached hydrogens (tertiary/aromatic N) is 3. The summed E-state index contributed by atoms with van der Waals surface area (Å²) in [6, 6.07) is 18.6. The molecule has 3 heteroatoms. The molecule has 18 heavy (non-hydrogen) atoms. The number of aromatic nitrogens is 3. The molecule has 0 saturated heterocycles. The standard InChI is InChI=1S/C15H13N3/c1-18-15(16-11-17-18)14-10-6-5-9-13(14)12-7-3-2-4-8-12/h2-11H,1H3. The summed E-state index contributed by atoms with van der Waals surface area (Å²) < 4.78 is 1.79. The van der Waals surface area contributed by atoms with E-state index in [2.05, 4.69) is 34.3 Å². The number of aryl methyl sites for hydroxylation is 1. The Hall–Kier alpha value is -2.42. The van der Waals surface area contributed by atoms with E-state index in [-0.39, 0.29) is 0 Å². The molecule has 2 aromatic carbocycles. The number of rotatable bonds is 2. The predicted octanol–water partition coefficient (Wildman–Crippen LogP) is 3.15. The van der Waals surface area contributed by atoms with Crippen LogP contribution in [0.15, 0.2) is 60.9 Å². The Labute approximate surface area is 106 Å². The lowest BCUT2D eigenvalue weighted by Crippen LogP contribution is -1.96. The minimum Gasteiger partial charge on any atom is -0.249 e. The largest absolute Gasteiger partial charge is 0.249 e. The number of benzene rings is 2. The van der Waals surface area contributed by atoms with Crippen molar-refractivity contribution < 1.29 is 0 Å². The van der Waals surface area contributed by atoms with Gasteiger partial charge >= 0.3 is 0 Å². The van der Waals surface area contributed by atoms with Gasteiger partial charge in [0.1, 0.15) is 6.33 Å². The zero-order valence-electron chi connectivity index (χ0n) is 10.1. The molecular weight excluding hydrogens is 222 g/mol. The van der Waals surface area contributed by atoms with Crippen molar-refractivity contribution in [3.05, 3.63) is 60.9 Å². The third kappa shape index (κ3) is 1.80. The number of hydrogen-bond donors (Lipinski definition) is 0. The van der Waals surface area contributed by atoms with Gasteiger partial charge in [0.25, 0.3) is 0 Å². The highest BCUT2D eigenvalue weighted by atomic mass is 15.3. The molecule has 0 N–H and O–H groups in total. The second-order valence-corrected chi connectivity index (χ2v) is 4.12. The van der Waals surface area contributed by atoms with Crippen molar-refractivity contribution in [2.45, 2.75) is 0 Å². The van der Waals surface area contributed by atoms with E-state index in [4.69, 9.17) is 0 Å². The third-order valence-corrected chi connectivity index (χ3v) is 2.96. The normalized spacial score (nSPS) is 10.5. The average molecular weight is 235 g/mol. The maximum absolute atomic E-state index is 4.32. The Bertz CT molecular complexity index is 656. The van der Waals surface area contributed by atoms with Crippen LogP contribution in [0.2, 0.25) is 0 Å². The Morgan fingerprint density at radius 1 is 0.833 bits per heavy atom. The molecule has 0 unspecified atom stereocenters. The van der Waals surface area contributed by atoms with Gasteiger partial charge < -0.3 is 0 Å². The van der Waals surface area contributed by atoms with Crippen LogP contribution >= 0.6 is 0 Å². The molecule has 0 radical (unpaired) electrons. The van der Waals surface area contributed by atoms with Gasteiger partial charge in [0.05, 0.1) is 0 Å². The first kappa shape index (κ1) is 10.7. The molecule has 88 valence electrons. The molecule has 0 atom stereocenters. The molecular formula is C15H13N3. The van der Waals surface area contributed by atoms with Gasteiger partial charge in [-0.2, -0.15) is 5.10 Å². The van der Waals surface area contributed by atoms with Crippen LogP contribution in [0.5, 0.6) is 0 Å². The zero-order chi connectivity index (χ0) is 12.4. The summed E-state index contributed by atoms with van der Waals surface area (Å²) in [6.07, 6.45) is 1.58. The monoisotopic (exact) mass is 235 g/mol. The van der Waals surface area contributed by atoms with Gasteiger partial charge in [-0.1, -0.05) is 54.6 Å². The van der Waals surface area contributed by atoms with Gasteiger partial charge in [0, 0.05) is 12.6 Å². The Morgan fingerprint density at radius 3 is 2.17 bits per heavy atom. The minimum absolute atomic E-state index is 0.884. The first-order chi connectivity index (χ1) is 8.86. The van der Waals surface area contributed by atoms with E-state index in [0.29, 0.717) is 0 Å². The van der Waals surface area contributed by atoms with Crippen LogP contribution in [-0.4, -0.2) is 14.8 Å². The molecule has 0 bridgehead atoms. The molecule has 1 heterocycles. The van der Waals surface area contributed by atoms with Crippen molar-refractivity contribution in [2.24, 2.45) is 7.05 Å². The summed E-state index contributed by atoms with van der Waals surface area (Å²) in [7, 11) is 1.91. The molecule has 0 saturated carbocycles. The van der Waals surface area contributed by atoms with E-state index < -0.39 is 0 Å². The van der Waals surface area contributed by atoms with Crippen LogP contribution in [0, 0.1) is 0 Å². The Balaban J connectivity index is 2.21. The molecule has 3 rings (SSSR count).